The lowest BCUT2D eigenvalue weighted by atomic mass is 10.0. The molecule has 0 spiro atoms. The summed E-state index contributed by atoms with van der Waals surface area (Å²) in [5, 5.41) is 11.6. The fourth-order valence-corrected chi connectivity index (χ4v) is 3.83. The lowest BCUT2D eigenvalue weighted by molar-refractivity contribution is 0.0594. The predicted molar refractivity (Wildman–Crippen MR) is 101 cm³/mol. The Labute approximate surface area is 159 Å². The Balaban J connectivity index is 0.00000196. The summed E-state index contributed by atoms with van der Waals surface area (Å²) in [6, 6.07) is 6.82. The number of fused-ring (bicyclic) bond motifs is 1. The molecule has 7 nitrogen and oxygen atoms in total. The van der Waals surface area contributed by atoms with Crippen LogP contribution in [0.15, 0.2) is 24.4 Å². The first-order valence-electron chi connectivity index (χ1n) is 8.82. The number of benzene rings is 1. The number of methoxy groups -OCH3 is 1. The maximum atomic E-state index is 11.6. The molecule has 0 aliphatic carbocycles. The van der Waals surface area contributed by atoms with Crippen molar-refractivity contribution in [1.82, 2.24) is 19.9 Å². The van der Waals surface area contributed by atoms with E-state index < -0.39 is 5.97 Å². The highest BCUT2D eigenvalue weighted by atomic mass is 35.5. The van der Waals surface area contributed by atoms with E-state index >= 15 is 0 Å². The highest BCUT2D eigenvalue weighted by Gasteiger charge is 2.25. The summed E-state index contributed by atoms with van der Waals surface area (Å²) in [4.78, 5) is 14.0. The second-order valence-corrected chi connectivity index (χ2v) is 6.73. The molecule has 1 atom stereocenters. The van der Waals surface area contributed by atoms with Crippen LogP contribution < -0.4 is 5.32 Å². The molecule has 2 aliphatic rings. The fourth-order valence-electron chi connectivity index (χ4n) is 3.83. The van der Waals surface area contributed by atoms with Crippen molar-refractivity contribution < 1.29 is 9.53 Å². The molecule has 3 heterocycles. The molecule has 2 aliphatic heterocycles. The molecule has 8 heteroatoms. The highest BCUT2D eigenvalue weighted by Crippen LogP contribution is 2.29. The van der Waals surface area contributed by atoms with Crippen molar-refractivity contribution in [3.05, 3.63) is 41.2 Å². The van der Waals surface area contributed by atoms with Gasteiger partial charge in [-0.05, 0) is 36.9 Å². The smallest absolute Gasteiger partial charge is 0.360 e. The van der Waals surface area contributed by atoms with E-state index in [0.29, 0.717) is 0 Å². The monoisotopic (exact) mass is 377 g/mol. The number of carbonyl (C=O) groups is 1. The number of para-hydroxylation sites is 1. The third-order valence-electron chi connectivity index (χ3n) is 5.09. The number of ether oxygens (including phenoxy) is 1. The zero-order valence-corrected chi connectivity index (χ0v) is 15.7. The second kappa shape index (κ2) is 8.05. The van der Waals surface area contributed by atoms with Gasteiger partial charge in [0.2, 0.25) is 0 Å². The van der Waals surface area contributed by atoms with Crippen LogP contribution in [0.1, 0.15) is 40.5 Å². The molecule has 1 N–H and O–H groups in total. The molecule has 1 fully saturated rings. The van der Waals surface area contributed by atoms with E-state index in [1.807, 2.05) is 4.68 Å². The first-order valence-corrected chi connectivity index (χ1v) is 8.82. The predicted octanol–water partition coefficient (Wildman–Crippen LogP) is 2.29. The number of likely N-dealkylation sites (tertiary alicyclic amines) is 1. The summed E-state index contributed by atoms with van der Waals surface area (Å²) in [5.41, 5.74) is 4.37. The molecule has 0 radical (unpaired) electrons. The lowest BCUT2D eigenvalue weighted by Crippen LogP contribution is -2.36. The van der Waals surface area contributed by atoms with Crippen molar-refractivity contribution in [2.24, 2.45) is 0 Å². The van der Waals surface area contributed by atoms with E-state index in [1.54, 1.807) is 6.20 Å². The Morgan fingerprint density at radius 2 is 2.31 bits per heavy atom. The molecule has 2 aromatic rings. The van der Waals surface area contributed by atoms with E-state index in [1.165, 1.54) is 23.9 Å². The van der Waals surface area contributed by atoms with Gasteiger partial charge in [0.25, 0.3) is 0 Å². The van der Waals surface area contributed by atoms with Gasteiger partial charge in [-0.15, -0.1) is 17.5 Å². The van der Waals surface area contributed by atoms with Gasteiger partial charge in [0.05, 0.1) is 19.3 Å². The van der Waals surface area contributed by atoms with Crippen LogP contribution in [0.5, 0.6) is 0 Å². The number of rotatable bonds is 4. The van der Waals surface area contributed by atoms with E-state index in [9.17, 15) is 4.79 Å². The lowest BCUT2D eigenvalue weighted by Gasteiger charge is -2.32. The number of halogens is 1. The zero-order chi connectivity index (χ0) is 17.2. The summed E-state index contributed by atoms with van der Waals surface area (Å²) >= 11 is 0. The standard InChI is InChI=1S/C18H23N5O2.ClH/c1-25-18(24)16-12-23(21-20-16)15-6-3-9-22(11-15)10-14-5-2-4-13-7-8-19-17(13)14;/h2,4-5,12,15,19H,3,6-11H2,1H3;1H. The van der Waals surface area contributed by atoms with Crippen molar-refractivity contribution in [2.75, 3.05) is 32.1 Å². The van der Waals surface area contributed by atoms with Gasteiger partial charge < -0.3 is 10.1 Å². The Hall–Kier alpha value is -2.12. The molecule has 0 amide bonds. The fraction of sp³-hybridized carbons (Fsp3) is 0.500. The Morgan fingerprint density at radius 3 is 3.15 bits per heavy atom. The van der Waals surface area contributed by atoms with Crippen LogP contribution in [-0.2, 0) is 17.7 Å². The summed E-state index contributed by atoms with van der Waals surface area (Å²) < 4.78 is 6.52. The van der Waals surface area contributed by atoms with Crippen LogP contribution in [0.4, 0.5) is 5.69 Å². The molecule has 1 saturated heterocycles. The number of hydrogen-bond donors (Lipinski definition) is 1. The average molecular weight is 378 g/mol. The number of aromatic nitrogens is 3. The molecule has 1 aromatic heterocycles. The summed E-state index contributed by atoms with van der Waals surface area (Å²) in [7, 11) is 1.36. The third-order valence-corrected chi connectivity index (χ3v) is 5.09. The third kappa shape index (κ3) is 3.68. The SMILES string of the molecule is COC(=O)c1cn(C2CCCN(Cc3cccc4c3NCC4)C2)nn1.Cl. The number of carbonyl (C=O) groups excluding carboxylic acids is 1. The van der Waals surface area contributed by atoms with Crippen LogP contribution in [0, 0.1) is 0 Å². The molecule has 0 bridgehead atoms. The average Bonchev–Trinajstić information content (AvgIpc) is 3.31. The summed E-state index contributed by atoms with van der Waals surface area (Å²) in [5.74, 6) is -0.440. The van der Waals surface area contributed by atoms with Crippen molar-refractivity contribution in [1.29, 1.82) is 0 Å². The van der Waals surface area contributed by atoms with Gasteiger partial charge in [-0.25, -0.2) is 9.48 Å². The minimum atomic E-state index is -0.440. The van der Waals surface area contributed by atoms with Gasteiger partial charge >= 0.3 is 5.97 Å². The molecular weight excluding hydrogens is 354 g/mol. The van der Waals surface area contributed by atoms with Crippen molar-refractivity contribution in [3.8, 4) is 0 Å². The topological polar surface area (TPSA) is 72.3 Å². The van der Waals surface area contributed by atoms with Gasteiger partial charge in [0, 0.05) is 25.3 Å². The van der Waals surface area contributed by atoms with Gasteiger partial charge in [0.15, 0.2) is 5.69 Å². The molecule has 1 aromatic carbocycles. The largest absolute Gasteiger partial charge is 0.464 e. The minimum Gasteiger partial charge on any atom is -0.464 e. The molecule has 0 saturated carbocycles. The van der Waals surface area contributed by atoms with E-state index in [-0.39, 0.29) is 24.1 Å². The summed E-state index contributed by atoms with van der Waals surface area (Å²) in [6.07, 6.45) is 4.97. The molecule has 1 unspecified atom stereocenters. The van der Waals surface area contributed by atoms with Gasteiger partial charge in [-0.1, -0.05) is 23.4 Å². The number of nitrogens with zero attached hydrogens (tertiary/aromatic N) is 4. The highest BCUT2D eigenvalue weighted by molar-refractivity contribution is 5.86. The van der Waals surface area contributed by atoms with E-state index in [0.717, 1.165) is 45.4 Å². The maximum absolute atomic E-state index is 11.6. The zero-order valence-electron chi connectivity index (χ0n) is 14.9. The van der Waals surface area contributed by atoms with E-state index in [2.05, 4.69) is 38.7 Å². The van der Waals surface area contributed by atoms with Gasteiger partial charge in [-0.2, -0.15) is 0 Å². The van der Waals surface area contributed by atoms with Crippen LogP contribution in [-0.4, -0.2) is 52.6 Å². The van der Waals surface area contributed by atoms with Gasteiger partial charge in [0.1, 0.15) is 0 Å². The number of esters is 1. The number of anilines is 1. The number of nitrogens with one attached hydrogen (secondary N) is 1. The normalized spacial score (nSPS) is 19.3. The van der Waals surface area contributed by atoms with Crippen molar-refractivity contribution in [2.45, 2.75) is 31.8 Å². The van der Waals surface area contributed by atoms with Crippen molar-refractivity contribution in [3.63, 3.8) is 0 Å². The van der Waals surface area contributed by atoms with Crippen LogP contribution in [0.25, 0.3) is 0 Å². The molecule has 140 valence electrons. The van der Waals surface area contributed by atoms with Crippen LogP contribution in [0.3, 0.4) is 0 Å². The van der Waals surface area contributed by atoms with Crippen LogP contribution >= 0.6 is 12.4 Å². The Morgan fingerprint density at radius 1 is 1.42 bits per heavy atom. The van der Waals surface area contributed by atoms with E-state index in [4.69, 9.17) is 4.74 Å². The first-order chi connectivity index (χ1) is 12.2. The molecular formula is C18H24ClN5O2. The second-order valence-electron chi connectivity index (χ2n) is 6.73. The van der Waals surface area contributed by atoms with Crippen molar-refractivity contribution >= 4 is 24.1 Å². The molecule has 4 rings (SSSR count). The molecule has 26 heavy (non-hydrogen) atoms. The quantitative estimate of drug-likeness (QED) is 0.824. The first kappa shape index (κ1) is 18.7. The minimum absolute atomic E-state index is 0. The van der Waals surface area contributed by atoms with Gasteiger partial charge in [-0.3, -0.25) is 4.90 Å². The summed E-state index contributed by atoms with van der Waals surface area (Å²) in [6.45, 7) is 3.96. The Bertz CT molecular complexity index is 779. The maximum Gasteiger partial charge on any atom is 0.360 e. The number of piperidine rings is 1. The van der Waals surface area contributed by atoms with Crippen LogP contribution in [0.2, 0.25) is 0 Å². The Kier molecular flexibility index (Phi) is 5.78. The number of hydrogen-bond acceptors (Lipinski definition) is 6.